The number of para-hydroxylation sites is 1. The zero-order valence-corrected chi connectivity index (χ0v) is 11.3. The number of pyridine rings is 1. The predicted molar refractivity (Wildman–Crippen MR) is 77.4 cm³/mol. The zero-order valence-electron chi connectivity index (χ0n) is 11.3. The summed E-state index contributed by atoms with van der Waals surface area (Å²) in [6, 6.07) is 10.5. The van der Waals surface area contributed by atoms with Gasteiger partial charge in [-0.1, -0.05) is 23.4 Å². The molecule has 1 aromatic carbocycles. The van der Waals surface area contributed by atoms with Crippen LogP contribution >= 0.6 is 0 Å². The number of oxime groups is 1. The van der Waals surface area contributed by atoms with Gasteiger partial charge in [0.25, 0.3) is 5.91 Å². The number of anilines is 1. The van der Waals surface area contributed by atoms with E-state index < -0.39 is 0 Å². The molecule has 5 nitrogen and oxygen atoms in total. The molecule has 0 bridgehead atoms. The van der Waals surface area contributed by atoms with E-state index in [2.05, 4.69) is 15.5 Å². The highest BCUT2D eigenvalue weighted by molar-refractivity contribution is 6.10. The van der Waals surface area contributed by atoms with Gasteiger partial charge >= 0.3 is 0 Å². The summed E-state index contributed by atoms with van der Waals surface area (Å²) in [4.78, 5) is 16.2. The van der Waals surface area contributed by atoms with Gasteiger partial charge in [0.1, 0.15) is 0 Å². The minimum Gasteiger partial charge on any atom is -0.411 e. The van der Waals surface area contributed by atoms with E-state index in [-0.39, 0.29) is 5.91 Å². The number of carbonyl (C=O) groups excluding carboxylic acids is 1. The fraction of sp³-hybridized carbons (Fsp3) is 0.133. The van der Waals surface area contributed by atoms with Crippen molar-refractivity contribution in [3.05, 3.63) is 59.4 Å². The molecule has 1 heterocycles. The topological polar surface area (TPSA) is 74.6 Å². The molecule has 20 heavy (non-hydrogen) atoms. The van der Waals surface area contributed by atoms with E-state index in [0.29, 0.717) is 22.5 Å². The Morgan fingerprint density at radius 1 is 1.30 bits per heavy atom. The van der Waals surface area contributed by atoms with Crippen LogP contribution in [0.2, 0.25) is 0 Å². The van der Waals surface area contributed by atoms with Crippen LogP contribution in [0.1, 0.15) is 28.5 Å². The van der Waals surface area contributed by atoms with Crippen molar-refractivity contribution >= 4 is 17.3 Å². The van der Waals surface area contributed by atoms with Gasteiger partial charge in [0.2, 0.25) is 0 Å². The monoisotopic (exact) mass is 269 g/mol. The predicted octanol–water partition coefficient (Wildman–Crippen LogP) is 2.84. The van der Waals surface area contributed by atoms with Crippen molar-refractivity contribution in [1.82, 2.24) is 4.98 Å². The molecule has 1 amide bonds. The summed E-state index contributed by atoms with van der Waals surface area (Å²) in [5.74, 6) is -0.228. The molecule has 0 fully saturated rings. The lowest BCUT2D eigenvalue weighted by atomic mass is 10.1. The third-order valence-corrected chi connectivity index (χ3v) is 2.87. The Hall–Kier alpha value is -2.69. The highest BCUT2D eigenvalue weighted by atomic mass is 16.4. The molecule has 0 radical (unpaired) electrons. The smallest absolute Gasteiger partial charge is 0.255 e. The largest absolute Gasteiger partial charge is 0.411 e. The molecule has 0 aliphatic carbocycles. The summed E-state index contributed by atoms with van der Waals surface area (Å²) in [5.41, 5.74) is 3.02. The van der Waals surface area contributed by atoms with Crippen LogP contribution in [0.5, 0.6) is 0 Å². The Morgan fingerprint density at radius 3 is 2.75 bits per heavy atom. The molecule has 1 aromatic heterocycles. The highest BCUT2D eigenvalue weighted by Gasteiger charge is 2.10. The van der Waals surface area contributed by atoms with Crippen molar-refractivity contribution in [2.75, 3.05) is 5.32 Å². The molecule has 0 atom stereocenters. The molecule has 2 N–H and O–H groups in total. The van der Waals surface area contributed by atoms with E-state index in [4.69, 9.17) is 5.21 Å². The third-order valence-electron chi connectivity index (χ3n) is 2.87. The minimum atomic E-state index is -0.228. The summed E-state index contributed by atoms with van der Waals surface area (Å²) < 4.78 is 0. The van der Waals surface area contributed by atoms with Gasteiger partial charge in [0, 0.05) is 23.0 Å². The lowest BCUT2D eigenvalue weighted by Crippen LogP contribution is -2.14. The Labute approximate surface area is 117 Å². The first-order valence-corrected chi connectivity index (χ1v) is 6.14. The Balaban J connectivity index is 2.29. The lowest BCUT2D eigenvalue weighted by Gasteiger charge is -2.10. The van der Waals surface area contributed by atoms with Crippen LogP contribution in [0, 0.1) is 6.92 Å². The Kier molecular flexibility index (Phi) is 4.10. The Bertz CT molecular complexity index is 666. The molecule has 102 valence electrons. The molecule has 0 saturated carbocycles. The standard InChI is InChI=1S/C15H15N3O2/c1-10-9-12(7-8-16-10)15(19)17-14-6-4-3-5-13(14)11(2)18-20/h3-9,20H,1-2H3,(H,17,19)/b18-11-. The van der Waals surface area contributed by atoms with Crippen LogP contribution in [-0.4, -0.2) is 21.8 Å². The van der Waals surface area contributed by atoms with Crippen LogP contribution in [0.3, 0.4) is 0 Å². The maximum absolute atomic E-state index is 12.2. The fourth-order valence-corrected chi connectivity index (χ4v) is 1.84. The summed E-state index contributed by atoms with van der Waals surface area (Å²) in [6.45, 7) is 3.49. The van der Waals surface area contributed by atoms with E-state index in [0.717, 1.165) is 5.69 Å². The van der Waals surface area contributed by atoms with Crippen LogP contribution in [0.25, 0.3) is 0 Å². The van der Waals surface area contributed by atoms with Gasteiger partial charge in [-0.3, -0.25) is 9.78 Å². The van der Waals surface area contributed by atoms with Crippen molar-refractivity contribution in [3.63, 3.8) is 0 Å². The maximum atomic E-state index is 12.2. The van der Waals surface area contributed by atoms with Gasteiger partial charge in [0.05, 0.1) is 11.4 Å². The van der Waals surface area contributed by atoms with Crippen molar-refractivity contribution in [2.45, 2.75) is 13.8 Å². The molecule has 2 aromatic rings. The molecule has 5 heteroatoms. The van der Waals surface area contributed by atoms with Crippen molar-refractivity contribution in [1.29, 1.82) is 0 Å². The first kappa shape index (κ1) is 13.7. The van der Waals surface area contributed by atoms with Crippen molar-refractivity contribution in [3.8, 4) is 0 Å². The first-order valence-electron chi connectivity index (χ1n) is 6.14. The quantitative estimate of drug-likeness (QED) is 0.511. The number of amides is 1. The molecule has 0 aliphatic rings. The van der Waals surface area contributed by atoms with Gasteiger partial charge in [0.15, 0.2) is 0 Å². The van der Waals surface area contributed by atoms with Crippen molar-refractivity contribution < 1.29 is 10.0 Å². The summed E-state index contributed by atoms with van der Waals surface area (Å²) in [5, 5.41) is 14.8. The molecule has 0 spiro atoms. The number of aromatic nitrogens is 1. The van der Waals surface area contributed by atoms with Gasteiger partial charge in [-0.15, -0.1) is 0 Å². The van der Waals surface area contributed by atoms with E-state index in [1.807, 2.05) is 19.1 Å². The van der Waals surface area contributed by atoms with Crippen molar-refractivity contribution in [2.24, 2.45) is 5.16 Å². The Morgan fingerprint density at radius 2 is 2.05 bits per heavy atom. The third kappa shape index (κ3) is 3.00. The van der Waals surface area contributed by atoms with Crippen LogP contribution in [-0.2, 0) is 0 Å². The molecular formula is C15H15N3O2. The average Bonchev–Trinajstić information content (AvgIpc) is 2.47. The van der Waals surface area contributed by atoms with Crippen LogP contribution in [0.4, 0.5) is 5.69 Å². The number of nitrogens with zero attached hydrogens (tertiary/aromatic N) is 2. The average molecular weight is 269 g/mol. The molecule has 0 aliphatic heterocycles. The SMILES string of the molecule is C/C(=N/O)c1ccccc1NC(=O)c1ccnc(C)c1. The van der Waals surface area contributed by atoms with Gasteiger partial charge < -0.3 is 10.5 Å². The maximum Gasteiger partial charge on any atom is 0.255 e. The van der Waals surface area contributed by atoms with Gasteiger partial charge in [-0.25, -0.2) is 0 Å². The second kappa shape index (κ2) is 5.97. The fourth-order valence-electron chi connectivity index (χ4n) is 1.84. The molecule has 0 unspecified atom stereocenters. The number of nitrogens with one attached hydrogen (secondary N) is 1. The van der Waals surface area contributed by atoms with E-state index in [1.165, 1.54) is 0 Å². The van der Waals surface area contributed by atoms with E-state index in [9.17, 15) is 4.79 Å². The normalized spacial score (nSPS) is 11.2. The second-order valence-electron chi connectivity index (χ2n) is 4.37. The summed E-state index contributed by atoms with van der Waals surface area (Å²) in [6.07, 6.45) is 1.59. The van der Waals surface area contributed by atoms with Gasteiger partial charge in [-0.2, -0.15) is 0 Å². The van der Waals surface area contributed by atoms with Crippen LogP contribution in [0.15, 0.2) is 47.8 Å². The molecular weight excluding hydrogens is 254 g/mol. The van der Waals surface area contributed by atoms with E-state index >= 15 is 0 Å². The number of aryl methyl sites for hydroxylation is 1. The second-order valence-corrected chi connectivity index (χ2v) is 4.37. The highest BCUT2D eigenvalue weighted by Crippen LogP contribution is 2.17. The van der Waals surface area contributed by atoms with Gasteiger partial charge in [-0.05, 0) is 32.0 Å². The first-order chi connectivity index (χ1) is 9.61. The minimum absolute atomic E-state index is 0.228. The number of hydrogen-bond donors (Lipinski definition) is 2. The zero-order chi connectivity index (χ0) is 14.5. The lowest BCUT2D eigenvalue weighted by molar-refractivity contribution is 0.102. The number of hydrogen-bond acceptors (Lipinski definition) is 4. The number of rotatable bonds is 3. The molecule has 0 saturated heterocycles. The summed E-state index contributed by atoms with van der Waals surface area (Å²) in [7, 11) is 0. The van der Waals surface area contributed by atoms with E-state index in [1.54, 1.807) is 37.4 Å². The number of benzene rings is 1. The summed E-state index contributed by atoms with van der Waals surface area (Å²) >= 11 is 0. The molecule has 2 rings (SSSR count). The van der Waals surface area contributed by atoms with Crippen LogP contribution < -0.4 is 5.32 Å². The number of carbonyl (C=O) groups is 1.